The number of ether oxygens (including phenoxy) is 2. The van der Waals surface area contributed by atoms with E-state index in [2.05, 4.69) is 48.8 Å². The minimum atomic E-state index is -4.61. The van der Waals surface area contributed by atoms with E-state index in [1.165, 1.54) is 57.8 Å². The van der Waals surface area contributed by atoms with Gasteiger partial charge >= 0.3 is 19.8 Å². The number of aliphatic hydroxyl groups excluding tert-OH is 2. The minimum absolute atomic E-state index is 0.113. The van der Waals surface area contributed by atoms with E-state index < -0.39 is 51.8 Å². The highest BCUT2D eigenvalue weighted by Crippen LogP contribution is 2.43. The second-order valence-corrected chi connectivity index (χ2v) is 13.4. The Hall–Kier alpha value is -1.81. The molecule has 0 amide bonds. The summed E-state index contributed by atoms with van der Waals surface area (Å²) in [6.45, 7) is 2.23. The maximum Gasteiger partial charge on any atom is 0.472 e. The van der Waals surface area contributed by atoms with Crippen molar-refractivity contribution in [2.24, 2.45) is 0 Å². The quantitative estimate of drug-likeness (QED) is 0.0265. The fraction of sp³-hybridized carbons (Fsp3) is 0.778. The lowest BCUT2D eigenvalue weighted by Gasteiger charge is -2.20. The number of hydrogen-bond donors (Lipinski definition) is 3. The Morgan fingerprint density at radius 2 is 1.13 bits per heavy atom. The lowest BCUT2D eigenvalue weighted by molar-refractivity contribution is -0.161. The van der Waals surface area contributed by atoms with Crippen LogP contribution in [-0.2, 0) is 32.7 Å². The molecule has 0 aromatic carbocycles. The summed E-state index contributed by atoms with van der Waals surface area (Å²) >= 11 is 0. The van der Waals surface area contributed by atoms with Crippen LogP contribution >= 0.6 is 7.82 Å². The van der Waals surface area contributed by atoms with Crippen LogP contribution in [0, 0.1) is 0 Å². The van der Waals surface area contributed by atoms with Gasteiger partial charge in [0.15, 0.2) is 6.10 Å². The van der Waals surface area contributed by atoms with Crippen molar-refractivity contribution in [2.75, 3.05) is 26.4 Å². The highest BCUT2D eigenvalue weighted by Gasteiger charge is 2.27. The van der Waals surface area contributed by atoms with Crippen molar-refractivity contribution in [1.29, 1.82) is 0 Å². The van der Waals surface area contributed by atoms with Crippen LogP contribution in [0.2, 0.25) is 0 Å². The third-order valence-corrected chi connectivity index (χ3v) is 8.25. The molecule has 0 saturated carbocycles. The number of carbonyl (C=O) groups is 2. The van der Waals surface area contributed by atoms with Gasteiger partial charge in [-0.05, 0) is 44.9 Å². The first kappa shape index (κ1) is 45.2. The number of allylic oxidation sites excluding steroid dienone is 6. The molecule has 1 unspecified atom stereocenters. The fourth-order valence-electron chi connectivity index (χ4n) is 4.48. The SMILES string of the molecule is CCCCCCCC/C=C/C/C=C/C/C=C/CCCC(=O)O[C@H](COC(=O)CCCCCCCCC)COP(=O)(O)OC[C@@H](O)CO. The Balaban J connectivity index is 4.45. The molecule has 0 aliphatic rings. The molecule has 0 aliphatic heterocycles. The van der Waals surface area contributed by atoms with Crippen molar-refractivity contribution >= 4 is 19.8 Å². The fourth-order valence-corrected chi connectivity index (χ4v) is 5.27. The van der Waals surface area contributed by atoms with E-state index >= 15 is 0 Å². The van der Waals surface area contributed by atoms with Crippen LogP contribution in [-0.4, -0.2) is 65.7 Å². The summed E-state index contributed by atoms with van der Waals surface area (Å²) in [7, 11) is -4.61. The number of rotatable bonds is 33. The maximum absolute atomic E-state index is 12.5. The normalized spacial score (nSPS) is 14.6. The molecule has 0 radical (unpaired) electrons. The van der Waals surface area contributed by atoms with E-state index in [4.69, 9.17) is 19.1 Å². The molecule has 3 N–H and O–H groups in total. The summed E-state index contributed by atoms with van der Waals surface area (Å²) in [5.74, 6) is -0.996. The first-order valence-corrected chi connectivity index (χ1v) is 19.4. The van der Waals surface area contributed by atoms with Crippen molar-refractivity contribution in [1.82, 2.24) is 0 Å². The molecule has 0 aliphatic carbocycles. The van der Waals surface area contributed by atoms with Gasteiger partial charge in [0.25, 0.3) is 0 Å². The second-order valence-electron chi connectivity index (χ2n) is 11.9. The molecule has 0 heterocycles. The van der Waals surface area contributed by atoms with Crippen LogP contribution in [0.4, 0.5) is 0 Å². The van der Waals surface area contributed by atoms with E-state index in [0.717, 1.165) is 38.5 Å². The van der Waals surface area contributed by atoms with Crippen LogP contribution in [0.5, 0.6) is 0 Å². The summed E-state index contributed by atoms with van der Waals surface area (Å²) < 4.78 is 32.3. The molecule has 0 rings (SSSR count). The predicted molar refractivity (Wildman–Crippen MR) is 187 cm³/mol. The predicted octanol–water partition coefficient (Wildman–Crippen LogP) is 8.44. The lowest BCUT2D eigenvalue weighted by atomic mass is 10.1. The molecule has 0 bridgehead atoms. The average molecular weight is 689 g/mol. The van der Waals surface area contributed by atoms with Crippen molar-refractivity contribution in [3.05, 3.63) is 36.5 Å². The Labute approximate surface area is 284 Å². The van der Waals surface area contributed by atoms with E-state index in [1.54, 1.807) is 0 Å². The lowest BCUT2D eigenvalue weighted by Crippen LogP contribution is -2.29. The van der Waals surface area contributed by atoms with Gasteiger partial charge in [-0.3, -0.25) is 18.6 Å². The molecular weight excluding hydrogens is 623 g/mol. The van der Waals surface area contributed by atoms with E-state index in [-0.39, 0.29) is 19.4 Å². The Morgan fingerprint density at radius 1 is 0.638 bits per heavy atom. The van der Waals surface area contributed by atoms with Gasteiger partial charge in [-0.1, -0.05) is 121 Å². The first-order valence-electron chi connectivity index (χ1n) is 17.9. The van der Waals surface area contributed by atoms with Crippen molar-refractivity contribution in [2.45, 2.75) is 154 Å². The third kappa shape index (κ3) is 32.5. The summed E-state index contributed by atoms with van der Waals surface area (Å²) in [5.41, 5.74) is 0. The molecule has 3 atom stereocenters. The highest BCUT2D eigenvalue weighted by molar-refractivity contribution is 7.47. The van der Waals surface area contributed by atoms with Gasteiger partial charge in [0, 0.05) is 12.8 Å². The van der Waals surface area contributed by atoms with Crippen molar-refractivity contribution in [3.63, 3.8) is 0 Å². The Kier molecular flexibility index (Phi) is 31.5. The number of phosphoric acid groups is 1. The second kappa shape index (κ2) is 32.7. The maximum atomic E-state index is 12.5. The van der Waals surface area contributed by atoms with Gasteiger partial charge in [0.1, 0.15) is 12.7 Å². The van der Waals surface area contributed by atoms with Gasteiger partial charge in [0.05, 0.1) is 19.8 Å². The average Bonchev–Trinajstić information content (AvgIpc) is 3.05. The van der Waals surface area contributed by atoms with Crippen LogP contribution in [0.15, 0.2) is 36.5 Å². The monoisotopic (exact) mass is 688 g/mol. The van der Waals surface area contributed by atoms with Crippen LogP contribution in [0.3, 0.4) is 0 Å². The topological polar surface area (TPSA) is 149 Å². The van der Waals surface area contributed by atoms with Gasteiger partial charge in [0.2, 0.25) is 0 Å². The van der Waals surface area contributed by atoms with Crippen LogP contribution in [0.25, 0.3) is 0 Å². The summed E-state index contributed by atoms with van der Waals surface area (Å²) in [4.78, 5) is 34.6. The van der Waals surface area contributed by atoms with Gasteiger partial charge < -0.3 is 24.6 Å². The number of aliphatic hydroxyl groups is 2. The standard InChI is InChI=1S/C36H65O10P/c1-3-5-7-9-11-12-13-14-15-16-17-18-19-20-22-24-26-28-36(40)46-34(32-45-47(41,42)44-30-33(38)29-37)31-43-35(39)27-25-23-21-10-8-6-4-2/h14-15,17-18,20,22,33-34,37-38H,3-13,16,19,21,23-32H2,1-2H3,(H,41,42)/b15-14+,18-17+,22-20+/t33-,34+/m0/s1. The molecular formula is C36H65O10P. The van der Waals surface area contributed by atoms with Crippen LogP contribution < -0.4 is 0 Å². The smallest absolute Gasteiger partial charge is 0.462 e. The number of carbonyl (C=O) groups excluding carboxylic acids is 2. The van der Waals surface area contributed by atoms with Gasteiger partial charge in [-0.2, -0.15) is 0 Å². The van der Waals surface area contributed by atoms with E-state index in [1.807, 2.05) is 6.08 Å². The van der Waals surface area contributed by atoms with Crippen LogP contribution in [0.1, 0.15) is 142 Å². The number of unbranched alkanes of at least 4 members (excludes halogenated alkanes) is 13. The Morgan fingerprint density at radius 3 is 1.72 bits per heavy atom. The van der Waals surface area contributed by atoms with Crippen molar-refractivity contribution < 1.29 is 47.8 Å². The van der Waals surface area contributed by atoms with Gasteiger partial charge in [-0.25, -0.2) is 4.57 Å². The number of hydrogen-bond acceptors (Lipinski definition) is 9. The first-order chi connectivity index (χ1) is 22.7. The van der Waals surface area contributed by atoms with E-state index in [0.29, 0.717) is 19.3 Å². The zero-order chi connectivity index (χ0) is 34.9. The molecule has 0 saturated heterocycles. The molecule has 47 heavy (non-hydrogen) atoms. The third-order valence-electron chi connectivity index (χ3n) is 7.30. The van der Waals surface area contributed by atoms with Gasteiger partial charge in [-0.15, -0.1) is 0 Å². The molecule has 0 fully saturated rings. The molecule has 0 aromatic heterocycles. The summed E-state index contributed by atoms with van der Waals surface area (Å²) in [5, 5.41) is 18.2. The zero-order valence-electron chi connectivity index (χ0n) is 29.2. The minimum Gasteiger partial charge on any atom is -0.462 e. The summed E-state index contributed by atoms with van der Waals surface area (Å²) in [6.07, 6.45) is 30.1. The summed E-state index contributed by atoms with van der Waals surface area (Å²) in [6, 6.07) is 0. The molecule has 274 valence electrons. The number of phosphoric ester groups is 1. The van der Waals surface area contributed by atoms with Crippen molar-refractivity contribution in [3.8, 4) is 0 Å². The molecule has 0 aromatic rings. The highest BCUT2D eigenvalue weighted by atomic mass is 31.2. The number of esters is 2. The Bertz CT molecular complexity index is 889. The van der Waals surface area contributed by atoms with E-state index in [9.17, 15) is 24.2 Å². The zero-order valence-corrected chi connectivity index (χ0v) is 30.1. The largest absolute Gasteiger partial charge is 0.472 e. The molecule has 11 heteroatoms. The molecule has 0 spiro atoms. The molecule has 10 nitrogen and oxygen atoms in total.